The zero-order valence-corrected chi connectivity index (χ0v) is 11.4. The van der Waals surface area contributed by atoms with E-state index in [1.807, 2.05) is 6.92 Å². The number of rotatable bonds is 3. The van der Waals surface area contributed by atoms with E-state index in [1.54, 1.807) is 31.2 Å². The van der Waals surface area contributed by atoms with Crippen molar-refractivity contribution in [3.8, 4) is 0 Å². The third-order valence-electron chi connectivity index (χ3n) is 3.18. The highest BCUT2D eigenvalue weighted by molar-refractivity contribution is 5.96. The monoisotopic (exact) mass is 273 g/mol. The third-order valence-corrected chi connectivity index (χ3v) is 3.18. The third kappa shape index (κ3) is 2.96. The van der Waals surface area contributed by atoms with Gasteiger partial charge in [0.25, 0.3) is 0 Å². The van der Waals surface area contributed by atoms with Crippen LogP contribution in [0.1, 0.15) is 27.0 Å². The molecule has 2 N–H and O–H groups in total. The molecule has 0 unspecified atom stereocenters. The summed E-state index contributed by atoms with van der Waals surface area (Å²) in [7, 11) is 0. The molecule has 0 aliphatic carbocycles. The van der Waals surface area contributed by atoms with Crippen LogP contribution in [0.2, 0.25) is 0 Å². The minimum absolute atomic E-state index is 0.0240. The van der Waals surface area contributed by atoms with E-state index in [4.69, 9.17) is 10.5 Å². The van der Waals surface area contributed by atoms with Gasteiger partial charge in [-0.1, -0.05) is 18.2 Å². The second-order valence-electron chi connectivity index (χ2n) is 4.69. The van der Waals surface area contributed by atoms with Crippen LogP contribution < -0.4 is 5.73 Å². The Morgan fingerprint density at radius 3 is 2.65 bits per heavy atom. The molecular weight excluding hydrogens is 257 g/mol. The lowest BCUT2D eigenvalue weighted by molar-refractivity contribution is 0.0472. The molecule has 0 aliphatic heterocycles. The quantitative estimate of drug-likeness (QED) is 0.689. The maximum absolute atomic E-state index is 13.2. The molecule has 3 nitrogen and oxygen atoms in total. The summed E-state index contributed by atoms with van der Waals surface area (Å²) >= 11 is 0. The molecule has 0 atom stereocenters. The maximum atomic E-state index is 13.2. The number of aryl methyl sites for hydroxylation is 2. The van der Waals surface area contributed by atoms with Crippen molar-refractivity contribution in [2.45, 2.75) is 20.5 Å². The molecule has 2 aromatic carbocycles. The van der Waals surface area contributed by atoms with Gasteiger partial charge in [0.15, 0.2) is 0 Å². The molecule has 104 valence electrons. The van der Waals surface area contributed by atoms with Gasteiger partial charge in [0.05, 0.1) is 5.56 Å². The lowest BCUT2D eigenvalue weighted by atomic mass is 10.1. The number of ether oxygens (including phenoxy) is 1. The number of halogens is 1. The number of hydrogen-bond acceptors (Lipinski definition) is 3. The lowest BCUT2D eigenvalue weighted by Crippen LogP contribution is -2.10. The summed E-state index contributed by atoms with van der Waals surface area (Å²) in [6.45, 7) is 3.65. The predicted molar refractivity (Wildman–Crippen MR) is 75.8 cm³/mol. The first kappa shape index (κ1) is 14.1. The highest BCUT2D eigenvalue weighted by Gasteiger charge is 2.14. The van der Waals surface area contributed by atoms with Crippen LogP contribution in [-0.4, -0.2) is 5.97 Å². The minimum atomic E-state index is -0.496. The van der Waals surface area contributed by atoms with Gasteiger partial charge >= 0.3 is 5.97 Å². The zero-order chi connectivity index (χ0) is 14.7. The second-order valence-corrected chi connectivity index (χ2v) is 4.69. The molecule has 0 saturated carbocycles. The maximum Gasteiger partial charge on any atom is 0.340 e. The smallest absolute Gasteiger partial charge is 0.340 e. The molecule has 4 heteroatoms. The Hall–Kier alpha value is -2.36. The van der Waals surface area contributed by atoms with Gasteiger partial charge in [-0.25, -0.2) is 9.18 Å². The molecule has 0 aromatic heterocycles. The highest BCUT2D eigenvalue weighted by Crippen LogP contribution is 2.19. The molecule has 0 saturated heterocycles. The Kier molecular flexibility index (Phi) is 4.03. The average molecular weight is 273 g/mol. The average Bonchev–Trinajstić information content (AvgIpc) is 2.39. The Morgan fingerprint density at radius 2 is 1.95 bits per heavy atom. The largest absolute Gasteiger partial charge is 0.457 e. The number of carbonyl (C=O) groups excluding carboxylic acids is 1. The molecule has 2 rings (SSSR count). The van der Waals surface area contributed by atoms with Crippen molar-refractivity contribution >= 4 is 11.7 Å². The summed E-state index contributed by atoms with van der Waals surface area (Å²) in [4.78, 5) is 12.1. The number of hydrogen-bond donors (Lipinski definition) is 1. The number of anilines is 1. The molecule has 0 bridgehead atoms. The second kappa shape index (κ2) is 5.74. The van der Waals surface area contributed by atoms with Gasteiger partial charge in [-0.15, -0.1) is 0 Å². The van der Waals surface area contributed by atoms with Gasteiger partial charge in [0.2, 0.25) is 0 Å². The van der Waals surface area contributed by atoms with E-state index in [2.05, 4.69) is 0 Å². The minimum Gasteiger partial charge on any atom is -0.457 e. The molecular formula is C16H16FNO2. The van der Waals surface area contributed by atoms with Gasteiger partial charge in [-0.05, 0) is 48.7 Å². The van der Waals surface area contributed by atoms with Crippen LogP contribution in [0.5, 0.6) is 0 Å². The highest BCUT2D eigenvalue weighted by atomic mass is 19.1. The number of nitrogen functional groups attached to an aromatic ring is 1. The Morgan fingerprint density at radius 1 is 1.20 bits per heavy atom. The van der Waals surface area contributed by atoms with Crippen LogP contribution in [0.25, 0.3) is 0 Å². The standard InChI is InChI=1S/C16H16FNO2/c1-10-6-7-13(17)8-12(10)9-20-16(19)15-11(2)4-3-5-14(15)18/h3-8H,9,18H2,1-2H3. The van der Waals surface area contributed by atoms with Gasteiger partial charge in [0.1, 0.15) is 12.4 Å². The summed E-state index contributed by atoms with van der Waals surface area (Å²) < 4.78 is 18.4. The van der Waals surface area contributed by atoms with Crippen molar-refractivity contribution in [3.05, 3.63) is 64.5 Å². The normalized spacial score (nSPS) is 10.3. The lowest BCUT2D eigenvalue weighted by Gasteiger charge is -2.11. The summed E-state index contributed by atoms with van der Waals surface area (Å²) in [6, 6.07) is 9.61. The van der Waals surface area contributed by atoms with Gasteiger partial charge in [0, 0.05) is 5.69 Å². The van der Waals surface area contributed by atoms with Crippen LogP contribution in [-0.2, 0) is 11.3 Å². The van der Waals surface area contributed by atoms with Crippen molar-refractivity contribution in [3.63, 3.8) is 0 Å². The van der Waals surface area contributed by atoms with Crippen LogP contribution in [0.3, 0.4) is 0 Å². The fourth-order valence-corrected chi connectivity index (χ4v) is 1.98. The van der Waals surface area contributed by atoms with Crippen LogP contribution in [0, 0.1) is 19.7 Å². The number of benzene rings is 2. The summed E-state index contributed by atoms with van der Waals surface area (Å²) in [5, 5.41) is 0. The Labute approximate surface area is 117 Å². The molecule has 0 fully saturated rings. The van der Waals surface area contributed by atoms with Crippen LogP contribution in [0.4, 0.5) is 10.1 Å². The van der Waals surface area contributed by atoms with E-state index >= 15 is 0 Å². The zero-order valence-electron chi connectivity index (χ0n) is 11.4. The first-order valence-electron chi connectivity index (χ1n) is 6.26. The molecule has 20 heavy (non-hydrogen) atoms. The van der Waals surface area contributed by atoms with E-state index < -0.39 is 5.97 Å². The SMILES string of the molecule is Cc1ccc(F)cc1COC(=O)c1c(C)cccc1N. The molecule has 0 spiro atoms. The van der Waals surface area contributed by atoms with Gasteiger partial charge < -0.3 is 10.5 Å². The molecule has 0 radical (unpaired) electrons. The van der Waals surface area contributed by atoms with E-state index in [1.165, 1.54) is 12.1 Å². The van der Waals surface area contributed by atoms with Crippen molar-refractivity contribution in [1.29, 1.82) is 0 Å². The van der Waals surface area contributed by atoms with Crippen molar-refractivity contribution in [2.75, 3.05) is 5.73 Å². The molecule has 2 aromatic rings. The molecule has 0 amide bonds. The molecule has 0 aliphatic rings. The first-order chi connectivity index (χ1) is 9.49. The topological polar surface area (TPSA) is 52.3 Å². The summed E-state index contributed by atoms with van der Waals surface area (Å²) in [6.07, 6.45) is 0. The van der Waals surface area contributed by atoms with E-state index in [0.29, 0.717) is 16.8 Å². The van der Waals surface area contributed by atoms with Crippen molar-refractivity contribution in [1.82, 2.24) is 0 Å². The fourth-order valence-electron chi connectivity index (χ4n) is 1.98. The van der Waals surface area contributed by atoms with Crippen molar-refractivity contribution < 1.29 is 13.9 Å². The Balaban J connectivity index is 2.15. The number of carbonyl (C=O) groups is 1. The van der Waals surface area contributed by atoms with Crippen LogP contribution >= 0.6 is 0 Å². The fraction of sp³-hybridized carbons (Fsp3) is 0.188. The molecule has 0 heterocycles. The van der Waals surface area contributed by atoms with E-state index in [-0.39, 0.29) is 12.4 Å². The Bertz CT molecular complexity index is 633. The first-order valence-corrected chi connectivity index (χ1v) is 6.26. The predicted octanol–water partition coefficient (Wildman–Crippen LogP) is 3.38. The van der Waals surface area contributed by atoms with Gasteiger partial charge in [-0.3, -0.25) is 0 Å². The summed E-state index contributed by atoms with van der Waals surface area (Å²) in [5.41, 5.74) is 8.80. The number of nitrogens with two attached hydrogens (primary N) is 1. The van der Waals surface area contributed by atoms with Crippen molar-refractivity contribution in [2.24, 2.45) is 0 Å². The van der Waals surface area contributed by atoms with Crippen LogP contribution in [0.15, 0.2) is 36.4 Å². The van der Waals surface area contributed by atoms with E-state index in [9.17, 15) is 9.18 Å². The summed E-state index contributed by atoms with van der Waals surface area (Å²) in [5.74, 6) is -0.846. The van der Waals surface area contributed by atoms with E-state index in [0.717, 1.165) is 11.1 Å². The number of esters is 1. The van der Waals surface area contributed by atoms with Gasteiger partial charge in [-0.2, -0.15) is 0 Å².